The second-order valence-corrected chi connectivity index (χ2v) is 5.88. The number of nitrogens with two attached hydrogens (primary N) is 1. The van der Waals surface area contributed by atoms with Crippen molar-refractivity contribution >= 4 is 38.9 Å². The Morgan fingerprint density at radius 2 is 2.00 bits per heavy atom. The molecule has 0 saturated carbocycles. The normalized spacial score (nSPS) is 11.8. The molecule has 1 amide bonds. The molecular formula is C16H17BrFN3O. The van der Waals surface area contributed by atoms with Gasteiger partial charge in [-0.1, -0.05) is 6.07 Å². The van der Waals surface area contributed by atoms with Crippen molar-refractivity contribution in [2.75, 3.05) is 11.1 Å². The van der Waals surface area contributed by atoms with Crippen LogP contribution < -0.4 is 16.4 Å². The number of carbonyl (C=O) groups excluding carboxylic acids is 1. The zero-order valence-electron chi connectivity index (χ0n) is 12.3. The highest BCUT2D eigenvalue weighted by atomic mass is 79.9. The van der Waals surface area contributed by atoms with Gasteiger partial charge in [0, 0.05) is 12.6 Å². The van der Waals surface area contributed by atoms with Gasteiger partial charge >= 0.3 is 0 Å². The van der Waals surface area contributed by atoms with Gasteiger partial charge in [0.2, 0.25) is 5.91 Å². The summed E-state index contributed by atoms with van der Waals surface area (Å²) in [5, 5.41) is 5.94. The van der Waals surface area contributed by atoms with Gasteiger partial charge in [-0.3, -0.25) is 4.79 Å². The first-order valence-electron chi connectivity index (χ1n) is 6.75. The highest BCUT2D eigenvalue weighted by Gasteiger charge is 2.09. The molecule has 0 radical (unpaired) electrons. The van der Waals surface area contributed by atoms with Crippen LogP contribution in [0.3, 0.4) is 0 Å². The number of benzene rings is 2. The van der Waals surface area contributed by atoms with Gasteiger partial charge in [-0.15, -0.1) is 0 Å². The van der Waals surface area contributed by atoms with Gasteiger partial charge in [0.1, 0.15) is 5.82 Å². The average Bonchev–Trinajstić information content (AvgIpc) is 2.44. The molecular weight excluding hydrogens is 349 g/mol. The SMILES string of the molecule is CC(=O)N[C@H](C)c1ccc(Nc2ccc(F)c(Br)c2)c(N)c1. The van der Waals surface area contributed by atoms with Gasteiger partial charge < -0.3 is 16.4 Å². The van der Waals surface area contributed by atoms with Gasteiger partial charge in [0.15, 0.2) is 0 Å². The number of hydrogen-bond donors (Lipinski definition) is 3. The highest BCUT2D eigenvalue weighted by Crippen LogP contribution is 2.28. The van der Waals surface area contributed by atoms with E-state index in [1.54, 1.807) is 12.1 Å². The molecule has 0 saturated heterocycles. The third kappa shape index (κ3) is 3.98. The summed E-state index contributed by atoms with van der Waals surface area (Å²) < 4.78 is 13.6. The van der Waals surface area contributed by atoms with Crippen molar-refractivity contribution in [3.8, 4) is 0 Å². The lowest BCUT2D eigenvalue weighted by atomic mass is 10.1. The van der Waals surface area contributed by atoms with Crippen LogP contribution in [0.5, 0.6) is 0 Å². The van der Waals surface area contributed by atoms with E-state index in [9.17, 15) is 9.18 Å². The molecule has 0 heterocycles. The Hall–Kier alpha value is -2.08. The summed E-state index contributed by atoms with van der Waals surface area (Å²) in [6.45, 7) is 3.36. The molecule has 116 valence electrons. The number of amides is 1. The summed E-state index contributed by atoms with van der Waals surface area (Å²) in [6, 6.07) is 10.1. The number of nitrogen functional groups attached to an aromatic ring is 1. The van der Waals surface area contributed by atoms with E-state index in [2.05, 4.69) is 26.6 Å². The lowest BCUT2D eigenvalue weighted by Gasteiger charge is -2.16. The van der Waals surface area contributed by atoms with Gasteiger partial charge in [-0.2, -0.15) is 0 Å². The van der Waals surface area contributed by atoms with Crippen LogP contribution in [0.15, 0.2) is 40.9 Å². The van der Waals surface area contributed by atoms with Gasteiger partial charge in [-0.05, 0) is 58.7 Å². The van der Waals surface area contributed by atoms with Crippen LogP contribution in [0, 0.1) is 5.82 Å². The minimum atomic E-state index is -0.321. The monoisotopic (exact) mass is 365 g/mol. The molecule has 0 aliphatic heterocycles. The lowest BCUT2D eigenvalue weighted by Crippen LogP contribution is -2.23. The number of anilines is 3. The first kappa shape index (κ1) is 16.3. The highest BCUT2D eigenvalue weighted by molar-refractivity contribution is 9.10. The molecule has 0 unspecified atom stereocenters. The van der Waals surface area contributed by atoms with E-state index < -0.39 is 0 Å². The zero-order chi connectivity index (χ0) is 16.3. The number of rotatable bonds is 4. The maximum absolute atomic E-state index is 13.2. The molecule has 6 heteroatoms. The molecule has 1 atom stereocenters. The smallest absolute Gasteiger partial charge is 0.217 e. The molecule has 0 bridgehead atoms. The van der Waals surface area contributed by atoms with E-state index in [-0.39, 0.29) is 17.8 Å². The number of halogens is 2. The zero-order valence-corrected chi connectivity index (χ0v) is 13.9. The molecule has 4 nitrogen and oxygen atoms in total. The minimum absolute atomic E-state index is 0.0931. The van der Waals surface area contributed by atoms with E-state index in [1.165, 1.54) is 13.0 Å². The fraction of sp³-hybridized carbons (Fsp3) is 0.188. The van der Waals surface area contributed by atoms with Crippen LogP contribution in [0.4, 0.5) is 21.5 Å². The third-order valence-corrected chi connectivity index (χ3v) is 3.80. The Morgan fingerprint density at radius 3 is 2.59 bits per heavy atom. The van der Waals surface area contributed by atoms with Crippen LogP contribution in [0.25, 0.3) is 0 Å². The summed E-state index contributed by atoms with van der Waals surface area (Å²) in [7, 11) is 0. The quantitative estimate of drug-likeness (QED) is 0.714. The summed E-state index contributed by atoms with van der Waals surface area (Å²) in [5.41, 5.74) is 8.96. The number of hydrogen-bond acceptors (Lipinski definition) is 3. The lowest BCUT2D eigenvalue weighted by molar-refractivity contribution is -0.119. The second kappa shape index (κ2) is 6.79. The third-order valence-electron chi connectivity index (χ3n) is 3.19. The fourth-order valence-corrected chi connectivity index (χ4v) is 2.46. The molecule has 4 N–H and O–H groups in total. The van der Waals surface area contributed by atoms with Crippen LogP contribution >= 0.6 is 15.9 Å². The van der Waals surface area contributed by atoms with Crippen molar-refractivity contribution in [2.45, 2.75) is 19.9 Å². The fourth-order valence-electron chi connectivity index (χ4n) is 2.08. The predicted molar refractivity (Wildman–Crippen MR) is 90.5 cm³/mol. The Bertz CT molecular complexity index is 706. The molecule has 0 spiro atoms. The summed E-state index contributed by atoms with van der Waals surface area (Å²) >= 11 is 3.15. The molecule has 2 rings (SSSR count). The molecule has 2 aromatic carbocycles. The largest absolute Gasteiger partial charge is 0.397 e. The minimum Gasteiger partial charge on any atom is -0.397 e. The maximum Gasteiger partial charge on any atom is 0.217 e. The van der Waals surface area contributed by atoms with Gasteiger partial charge in [-0.25, -0.2) is 4.39 Å². The van der Waals surface area contributed by atoms with Crippen molar-refractivity contribution in [2.24, 2.45) is 0 Å². The Balaban J connectivity index is 2.19. The second-order valence-electron chi connectivity index (χ2n) is 5.02. The summed E-state index contributed by atoms with van der Waals surface area (Å²) in [4.78, 5) is 11.1. The Kier molecular flexibility index (Phi) is 5.03. The first-order valence-corrected chi connectivity index (χ1v) is 7.54. The van der Waals surface area contributed by atoms with Crippen LogP contribution in [-0.2, 0) is 4.79 Å². The topological polar surface area (TPSA) is 67.2 Å². The van der Waals surface area contributed by atoms with Gasteiger partial charge in [0.05, 0.1) is 21.9 Å². The van der Waals surface area contributed by atoms with E-state index in [0.29, 0.717) is 10.2 Å². The van der Waals surface area contributed by atoms with Crippen LogP contribution in [-0.4, -0.2) is 5.91 Å². The van der Waals surface area contributed by atoms with Crippen molar-refractivity contribution in [1.29, 1.82) is 0 Å². The van der Waals surface area contributed by atoms with Crippen molar-refractivity contribution in [3.63, 3.8) is 0 Å². The summed E-state index contributed by atoms with van der Waals surface area (Å²) in [6.07, 6.45) is 0. The van der Waals surface area contributed by atoms with E-state index in [4.69, 9.17) is 5.73 Å². The molecule has 22 heavy (non-hydrogen) atoms. The maximum atomic E-state index is 13.2. The van der Waals surface area contributed by atoms with Crippen molar-refractivity contribution in [3.05, 3.63) is 52.3 Å². The average molecular weight is 366 g/mol. The standard InChI is InChI=1S/C16H17BrFN3O/c1-9(20-10(2)22)11-3-6-16(15(19)7-11)21-12-4-5-14(18)13(17)8-12/h3-9,21H,19H2,1-2H3,(H,20,22)/t9-/m1/s1. The molecule has 0 aromatic heterocycles. The predicted octanol–water partition coefficient (Wildman–Crippen LogP) is 4.11. The molecule has 2 aromatic rings. The Labute approximate surface area is 137 Å². The molecule has 0 aliphatic carbocycles. The van der Waals surface area contributed by atoms with Gasteiger partial charge in [0.25, 0.3) is 0 Å². The van der Waals surface area contributed by atoms with Crippen molar-refractivity contribution < 1.29 is 9.18 Å². The summed E-state index contributed by atoms with van der Waals surface area (Å²) in [5.74, 6) is -0.414. The Morgan fingerprint density at radius 1 is 1.27 bits per heavy atom. The number of carbonyl (C=O) groups is 1. The van der Waals surface area contributed by atoms with E-state index in [1.807, 2.05) is 25.1 Å². The molecule has 0 aliphatic rings. The van der Waals surface area contributed by atoms with E-state index in [0.717, 1.165) is 16.9 Å². The van der Waals surface area contributed by atoms with E-state index >= 15 is 0 Å². The van der Waals surface area contributed by atoms with Crippen LogP contribution in [0.2, 0.25) is 0 Å². The first-order chi connectivity index (χ1) is 10.4. The molecule has 0 fully saturated rings. The van der Waals surface area contributed by atoms with Crippen LogP contribution in [0.1, 0.15) is 25.5 Å². The number of nitrogens with one attached hydrogen (secondary N) is 2. The van der Waals surface area contributed by atoms with Crippen molar-refractivity contribution in [1.82, 2.24) is 5.32 Å².